The third-order valence-corrected chi connectivity index (χ3v) is 4.73. The normalized spacial score (nSPS) is 18.0. The number of anilines is 1. The number of halogens is 1. The molecular weight excluding hydrogens is 333 g/mol. The van der Waals surface area contributed by atoms with Gasteiger partial charge in [-0.1, -0.05) is 0 Å². The van der Waals surface area contributed by atoms with Crippen molar-refractivity contribution >= 4 is 17.6 Å². The van der Waals surface area contributed by atoms with Crippen LogP contribution in [-0.2, 0) is 4.79 Å². The number of benzene rings is 1. The van der Waals surface area contributed by atoms with E-state index in [-0.39, 0.29) is 17.6 Å². The fraction of sp³-hybridized carbons (Fsp3) is 0.579. The highest BCUT2D eigenvalue weighted by atomic mass is 19.1. The maximum absolute atomic E-state index is 13.1. The van der Waals surface area contributed by atoms with Gasteiger partial charge in [-0.25, -0.2) is 4.39 Å². The van der Waals surface area contributed by atoms with Crippen LogP contribution in [0.5, 0.6) is 0 Å². The van der Waals surface area contributed by atoms with Gasteiger partial charge in [0.05, 0.1) is 6.54 Å². The van der Waals surface area contributed by atoms with Crippen molar-refractivity contribution < 1.29 is 9.18 Å². The third-order valence-electron chi connectivity index (χ3n) is 4.73. The summed E-state index contributed by atoms with van der Waals surface area (Å²) >= 11 is 0. The molecule has 1 saturated heterocycles. The Morgan fingerprint density at radius 1 is 1.15 bits per heavy atom. The first-order valence-corrected chi connectivity index (χ1v) is 9.49. The quantitative estimate of drug-likeness (QED) is 0.457. The standard InChI is InChI=1S/C19H28FN5O/c1-2-21-19(23-10-9-22-18(26)15-3-4-15)25-13-11-24(12-14-25)17-7-5-16(20)6-8-17/h5-8,15H,2-4,9-14H2,1H3,(H,21,23)(H,22,26). The Hall–Kier alpha value is -2.31. The van der Waals surface area contributed by atoms with Gasteiger partial charge in [0.2, 0.25) is 5.91 Å². The number of rotatable bonds is 6. The van der Waals surface area contributed by atoms with E-state index in [1.165, 1.54) is 12.1 Å². The molecule has 0 aromatic heterocycles. The van der Waals surface area contributed by atoms with Gasteiger partial charge in [-0.05, 0) is 44.0 Å². The van der Waals surface area contributed by atoms with Gasteiger partial charge in [0.15, 0.2) is 5.96 Å². The molecule has 0 bridgehead atoms. The first-order chi connectivity index (χ1) is 12.7. The second-order valence-electron chi connectivity index (χ2n) is 6.75. The van der Waals surface area contributed by atoms with Crippen LogP contribution >= 0.6 is 0 Å². The van der Waals surface area contributed by atoms with Crippen LogP contribution in [0.25, 0.3) is 0 Å². The van der Waals surface area contributed by atoms with E-state index in [1.54, 1.807) is 0 Å². The van der Waals surface area contributed by atoms with Crippen molar-refractivity contribution in [3.8, 4) is 0 Å². The number of hydrogen-bond donors (Lipinski definition) is 2. The molecule has 142 valence electrons. The number of piperazine rings is 1. The fourth-order valence-electron chi connectivity index (χ4n) is 3.08. The maximum Gasteiger partial charge on any atom is 0.223 e. The summed E-state index contributed by atoms with van der Waals surface area (Å²) in [7, 11) is 0. The van der Waals surface area contributed by atoms with Gasteiger partial charge in [0.1, 0.15) is 5.82 Å². The van der Waals surface area contributed by atoms with Crippen molar-refractivity contribution in [3.63, 3.8) is 0 Å². The Morgan fingerprint density at radius 2 is 1.85 bits per heavy atom. The average molecular weight is 361 g/mol. The number of nitrogens with zero attached hydrogens (tertiary/aromatic N) is 3. The first-order valence-electron chi connectivity index (χ1n) is 9.49. The van der Waals surface area contributed by atoms with Gasteiger partial charge in [-0.15, -0.1) is 0 Å². The van der Waals surface area contributed by atoms with E-state index >= 15 is 0 Å². The summed E-state index contributed by atoms with van der Waals surface area (Å²) in [6, 6.07) is 6.66. The molecule has 2 fully saturated rings. The van der Waals surface area contributed by atoms with Crippen molar-refractivity contribution in [2.75, 3.05) is 50.7 Å². The number of guanidine groups is 1. The van der Waals surface area contributed by atoms with Crippen LogP contribution in [0.4, 0.5) is 10.1 Å². The van der Waals surface area contributed by atoms with Crippen LogP contribution in [0, 0.1) is 11.7 Å². The lowest BCUT2D eigenvalue weighted by Crippen LogP contribution is -2.52. The molecule has 1 aromatic rings. The molecule has 0 unspecified atom stereocenters. The van der Waals surface area contributed by atoms with Gasteiger partial charge in [-0.2, -0.15) is 0 Å². The third kappa shape index (κ3) is 5.09. The topological polar surface area (TPSA) is 60.0 Å². The number of hydrogen-bond acceptors (Lipinski definition) is 3. The van der Waals surface area contributed by atoms with Crippen LogP contribution < -0.4 is 15.5 Å². The van der Waals surface area contributed by atoms with Crippen molar-refractivity contribution in [1.82, 2.24) is 15.5 Å². The number of nitrogens with one attached hydrogen (secondary N) is 2. The second kappa shape index (κ2) is 8.87. The van der Waals surface area contributed by atoms with Gasteiger partial charge >= 0.3 is 0 Å². The van der Waals surface area contributed by atoms with Crippen LogP contribution in [0.15, 0.2) is 29.3 Å². The molecule has 0 atom stereocenters. The Balaban J connectivity index is 1.48. The van der Waals surface area contributed by atoms with Crippen LogP contribution in [0.2, 0.25) is 0 Å². The lowest BCUT2D eigenvalue weighted by molar-refractivity contribution is -0.122. The van der Waals surface area contributed by atoms with Gasteiger partial charge in [0.25, 0.3) is 0 Å². The fourth-order valence-corrected chi connectivity index (χ4v) is 3.08. The molecule has 1 amide bonds. The largest absolute Gasteiger partial charge is 0.368 e. The Bertz CT molecular complexity index is 621. The van der Waals surface area contributed by atoms with E-state index in [4.69, 9.17) is 0 Å². The highest BCUT2D eigenvalue weighted by molar-refractivity contribution is 5.81. The monoisotopic (exact) mass is 361 g/mol. The molecular formula is C19H28FN5O. The number of carbonyl (C=O) groups is 1. The lowest BCUT2D eigenvalue weighted by Gasteiger charge is -2.37. The number of carbonyl (C=O) groups excluding carboxylic acids is 1. The van der Waals surface area contributed by atoms with Gasteiger partial charge in [0, 0.05) is 50.9 Å². The van der Waals surface area contributed by atoms with E-state index in [0.717, 1.165) is 57.2 Å². The van der Waals surface area contributed by atoms with Gasteiger partial charge in [-0.3, -0.25) is 9.79 Å². The Labute approximate surface area is 154 Å². The predicted molar refractivity (Wildman–Crippen MR) is 102 cm³/mol. The molecule has 0 spiro atoms. The van der Waals surface area contributed by atoms with E-state index in [1.807, 2.05) is 12.1 Å². The zero-order valence-electron chi connectivity index (χ0n) is 15.4. The molecule has 26 heavy (non-hydrogen) atoms. The summed E-state index contributed by atoms with van der Waals surface area (Å²) in [6.45, 7) is 7.49. The van der Waals surface area contributed by atoms with Crippen LogP contribution in [0.3, 0.4) is 0 Å². The average Bonchev–Trinajstić information content (AvgIpc) is 3.50. The highest BCUT2D eigenvalue weighted by Gasteiger charge is 2.29. The molecule has 1 aliphatic heterocycles. The van der Waals surface area contributed by atoms with Crippen molar-refractivity contribution in [2.45, 2.75) is 19.8 Å². The lowest BCUT2D eigenvalue weighted by atomic mass is 10.2. The summed E-state index contributed by atoms with van der Waals surface area (Å²) in [5, 5.41) is 6.28. The highest BCUT2D eigenvalue weighted by Crippen LogP contribution is 2.28. The minimum atomic E-state index is -0.206. The SMILES string of the molecule is CCNC(=NCCNC(=O)C1CC1)N1CCN(c2ccc(F)cc2)CC1. The molecule has 1 aromatic carbocycles. The van der Waals surface area contributed by atoms with E-state index < -0.39 is 0 Å². The zero-order chi connectivity index (χ0) is 18.4. The molecule has 6 nitrogen and oxygen atoms in total. The number of aliphatic imine (C=N–C) groups is 1. The molecule has 3 rings (SSSR count). The predicted octanol–water partition coefficient (Wildman–Crippen LogP) is 1.44. The minimum absolute atomic E-state index is 0.165. The van der Waals surface area contributed by atoms with Crippen LogP contribution in [0.1, 0.15) is 19.8 Å². The maximum atomic E-state index is 13.1. The van der Waals surface area contributed by atoms with Crippen molar-refractivity contribution in [3.05, 3.63) is 30.1 Å². The van der Waals surface area contributed by atoms with Crippen molar-refractivity contribution in [2.24, 2.45) is 10.9 Å². The molecule has 7 heteroatoms. The molecule has 0 radical (unpaired) electrons. The Morgan fingerprint density at radius 3 is 2.46 bits per heavy atom. The summed E-state index contributed by atoms with van der Waals surface area (Å²) in [5.74, 6) is 1.10. The van der Waals surface area contributed by atoms with E-state index in [9.17, 15) is 9.18 Å². The van der Waals surface area contributed by atoms with Crippen LogP contribution in [-0.4, -0.2) is 62.6 Å². The summed E-state index contributed by atoms with van der Waals surface area (Å²) < 4.78 is 13.1. The first kappa shape index (κ1) is 18.5. The summed E-state index contributed by atoms with van der Waals surface area (Å²) in [5.41, 5.74) is 1.05. The van der Waals surface area contributed by atoms with Gasteiger partial charge < -0.3 is 20.4 Å². The zero-order valence-corrected chi connectivity index (χ0v) is 15.4. The summed E-state index contributed by atoms with van der Waals surface area (Å²) in [6.07, 6.45) is 2.05. The minimum Gasteiger partial charge on any atom is -0.368 e. The molecule has 2 aliphatic rings. The van der Waals surface area contributed by atoms with E-state index in [0.29, 0.717) is 13.1 Å². The second-order valence-corrected chi connectivity index (χ2v) is 6.75. The molecule has 1 saturated carbocycles. The molecule has 1 aliphatic carbocycles. The van der Waals surface area contributed by atoms with E-state index in [2.05, 4.69) is 32.3 Å². The smallest absolute Gasteiger partial charge is 0.223 e. The molecule has 2 N–H and O–H groups in total. The Kier molecular flexibility index (Phi) is 6.30. The number of amides is 1. The van der Waals surface area contributed by atoms with Crippen molar-refractivity contribution in [1.29, 1.82) is 0 Å². The molecule has 1 heterocycles. The summed E-state index contributed by atoms with van der Waals surface area (Å²) in [4.78, 5) is 20.8.